The van der Waals surface area contributed by atoms with Gasteiger partial charge in [-0.1, -0.05) is 58.0 Å². The summed E-state index contributed by atoms with van der Waals surface area (Å²) < 4.78 is 70.3. The van der Waals surface area contributed by atoms with E-state index in [4.69, 9.17) is 0 Å². The first-order valence-electron chi connectivity index (χ1n) is 10.2. The third-order valence-corrected chi connectivity index (χ3v) is 8.26. The second-order valence-electron chi connectivity index (χ2n) is 7.99. The van der Waals surface area contributed by atoms with Crippen LogP contribution in [-0.4, -0.2) is 13.0 Å². The van der Waals surface area contributed by atoms with Crippen LogP contribution >= 0.6 is 0 Å². The number of benzene rings is 3. The molecular weight excluding hydrogens is 564 g/mol. The van der Waals surface area contributed by atoms with E-state index in [1.54, 1.807) is 0 Å². The van der Waals surface area contributed by atoms with Crippen molar-refractivity contribution < 1.29 is 47.3 Å². The average Bonchev–Trinajstić information content (AvgIpc) is 2.74. The van der Waals surface area contributed by atoms with Gasteiger partial charge in [-0.15, -0.1) is 0 Å². The third-order valence-electron chi connectivity index (χ3n) is 4.74. The molecule has 0 spiro atoms. The van der Waals surface area contributed by atoms with Crippen LogP contribution in [-0.2, 0) is 16.3 Å². The van der Waals surface area contributed by atoms with Crippen molar-refractivity contribution in [2.24, 2.45) is 0 Å². The summed E-state index contributed by atoms with van der Waals surface area (Å²) in [5, 5.41) is 0. The first-order chi connectivity index (χ1) is 15.3. The van der Waals surface area contributed by atoms with Gasteiger partial charge < -0.3 is 4.55 Å². The van der Waals surface area contributed by atoms with Gasteiger partial charge in [-0.2, -0.15) is 13.2 Å². The average molecular weight is 590 g/mol. The van der Waals surface area contributed by atoms with Crippen LogP contribution in [0.5, 0.6) is 0 Å². The molecule has 0 atom stereocenters. The molecule has 0 saturated carbocycles. The molecule has 0 amide bonds. The molecule has 3 nitrogen and oxygen atoms in total. The summed E-state index contributed by atoms with van der Waals surface area (Å²) in [5.74, 6) is 1.25. The van der Waals surface area contributed by atoms with Gasteiger partial charge in [-0.3, -0.25) is 0 Å². The van der Waals surface area contributed by atoms with Crippen LogP contribution in [0.25, 0.3) is 0 Å². The van der Waals surface area contributed by atoms with E-state index in [1.165, 1.54) is 18.3 Å². The van der Waals surface area contributed by atoms with Crippen LogP contribution < -0.4 is 21.2 Å². The first-order valence-corrected chi connectivity index (χ1v) is 13.8. The first kappa shape index (κ1) is 27.3. The molecule has 0 saturated heterocycles. The molecule has 0 unspecified atom stereocenters. The highest BCUT2D eigenvalue weighted by molar-refractivity contribution is 7.85. The van der Waals surface area contributed by atoms with E-state index in [0.717, 1.165) is 12.1 Å². The van der Waals surface area contributed by atoms with E-state index in [0.29, 0.717) is 24.0 Å². The monoisotopic (exact) mass is 590 g/mol. The van der Waals surface area contributed by atoms with Gasteiger partial charge in [-0.05, 0) is 65.4 Å². The summed E-state index contributed by atoms with van der Waals surface area (Å²) in [7, 11) is -4.84. The summed E-state index contributed by atoms with van der Waals surface area (Å²) in [6.45, 7) is 8.98. The quantitative estimate of drug-likeness (QED) is 0.337. The van der Waals surface area contributed by atoms with E-state index >= 15 is 0 Å². The number of alkyl halides is 3. The van der Waals surface area contributed by atoms with Gasteiger partial charge in [-0.25, -0.2) is 8.42 Å². The molecular formula is C25H26F3IO3S. The molecule has 33 heavy (non-hydrogen) atoms. The van der Waals surface area contributed by atoms with Crippen LogP contribution in [0.4, 0.5) is 13.2 Å². The maximum atomic E-state index is 12.1. The molecule has 3 rings (SSSR count). The zero-order valence-corrected chi connectivity index (χ0v) is 21.7. The van der Waals surface area contributed by atoms with E-state index in [1.807, 2.05) is 0 Å². The number of halogens is 4. The lowest BCUT2D eigenvalue weighted by molar-refractivity contribution is -0.597. The smallest absolute Gasteiger partial charge is 0.416 e. The predicted octanol–water partition coefficient (Wildman–Crippen LogP) is 3.67. The fourth-order valence-electron chi connectivity index (χ4n) is 2.78. The van der Waals surface area contributed by atoms with E-state index in [9.17, 15) is 26.1 Å². The van der Waals surface area contributed by atoms with Gasteiger partial charge in [0, 0.05) is 0 Å². The number of hydrogen-bond acceptors (Lipinski definition) is 3. The molecule has 0 N–H and O–H groups in total. The summed E-state index contributed by atoms with van der Waals surface area (Å²) in [5.41, 5.74) is 1.71. The maximum absolute atomic E-state index is 12.1. The van der Waals surface area contributed by atoms with Crippen molar-refractivity contribution in [1.82, 2.24) is 0 Å². The zero-order chi connectivity index (χ0) is 24.8. The van der Waals surface area contributed by atoms with Gasteiger partial charge in [0.05, 0.1) is 10.5 Å². The highest BCUT2D eigenvalue weighted by Gasteiger charge is 2.30. The van der Waals surface area contributed by atoms with Crippen molar-refractivity contribution in [3.8, 4) is 0 Å². The normalized spacial score (nSPS) is 11.9. The fraction of sp³-hybridized carbons (Fsp3) is 0.280. The lowest BCUT2D eigenvalue weighted by Gasteiger charge is -2.10. The minimum atomic E-state index is -4.84. The standard InChI is InChI=1S/C18H22I.C7H5F3O3S/c1-13(2)15-5-9-17(10-6-15)19-18-11-7-16(8-12-18)14(3)4;8-7(9,10)5-2-1-3-6(4-5)14(11,12)13/h5-14H,1-4H3;1-4H,(H,11,12,13)/q+1;/p-1. The molecule has 3 aromatic carbocycles. The molecule has 0 bridgehead atoms. The van der Waals surface area contributed by atoms with E-state index < -0.39 is 26.8 Å². The van der Waals surface area contributed by atoms with Crippen molar-refractivity contribution in [2.45, 2.75) is 50.6 Å². The summed E-state index contributed by atoms with van der Waals surface area (Å²) in [4.78, 5) is -0.882. The van der Waals surface area contributed by atoms with Gasteiger partial charge in [0.15, 0.2) is 7.14 Å². The Kier molecular flexibility index (Phi) is 9.51. The minimum absolute atomic E-state index is 0.0366. The molecule has 0 aromatic heterocycles. The summed E-state index contributed by atoms with van der Waals surface area (Å²) >= 11 is -0.0366. The largest absolute Gasteiger partial charge is 0.744 e. The number of rotatable bonds is 5. The van der Waals surface area contributed by atoms with Gasteiger partial charge >= 0.3 is 27.4 Å². The van der Waals surface area contributed by atoms with Crippen molar-refractivity contribution in [1.29, 1.82) is 0 Å². The minimum Gasteiger partial charge on any atom is -0.744 e. The second kappa shape index (κ2) is 11.5. The molecule has 0 heterocycles. The SMILES string of the molecule is CC(C)c1ccc([I+]c2ccc(C(C)C)cc2)cc1.O=S(=O)([O-])c1cccc(C(F)(F)F)c1. The lowest BCUT2D eigenvalue weighted by atomic mass is 10.0. The molecule has 178 valence electrons. The molecule has 3 aromatic rings. The molecule has 0 radical (unpaired) electrons. The Balaban J connectivity index is 0.000000245. The Morgan fingerprint density at radius 2 is 1.18 bits per heavy atom. The second-order valence-corrected chi connectivity index (χ2v) is 12.4. The third kappa shape index (κ3) is 8.75. The van der Waals surface area contributed by atoms with Gasteiger partial charge in [0.1, 0.15) is 10.1 Å². The van der Waals surface area contributed by atoms with Crippen LogP contribution in [0.15, 0.2) is 77.7 Å². The maximum Gasteiger partial charge on any atom is 0.416 e. The predicted molar refractivity (Wildman–Crippen MR) is 118 cm³/mol. The van der Waals surface area contributed by atoms with Crippen LogP contribution in [0.1, 0.15) is 56.2 Å². The molecule has 8 heteroatoms. The Hall–Kier alpha value is -1.91. The van der Waals surface area contributed by atoms with Crippen LogP contribution in [0.3, 0.4) is 0 Å². The Morgan fingerprint density at radius 1 is 0.758 bits per heavy atom. The topological polar surface area (TPSA) is 57.2 Å². The van der Waals surface area contributed by atoms with Crippen molar-refractivity contribution in [2.75, 3.05) is 0 Å². The zero-order valence-electron chi connectivity index (χ0n) is 18.7. The Labute approximate surface area is 204 Å². The Morgan fingerprint density at radius 3 is 1.52 bits per heavy atom. The highest BCUT2D eigenvalue weighted by Crippen LogP contribution is 2.30. The van der Waals surface area contributed by atoms with Crippen LogP contribution in [0.2, 0.25) is 0 Å². The highest BCUT2D eigenvalue weighted by atomic mass is 127. The van der Waals surface area contributed by atoms with E-state index in [2.05, 4.69) is 76.2 Å². The van der Waals surface area contributed by atoms with E-state index in [-0.39, 0.29) is 21.2 Å². The molecule has 0 fully saturated rings. The number of hydrogen-bond donors (Lipinski definition) is 0. The summed E-state index contributed by atoms with van der Waals surface area (Å²) in [6, 6.07) is 21.0. The Bertz CT molecular complexity index is 1090. The molecule has 0 aliphatic rings. The van der Waals surface area contributed by atoms with Gasteiger partial charge in [0.2, 0.25) is 0 Å². The lowest BCUT2D eigenvalue weighted by Crippen LogP contribution is -3.61. The summed E-state index contributed by atoms with van der Waals surface area (Å²) in [6.07, 6.45) is -4.65. The molecule has 0 aliphatic carbocycles. The van der Waals surface area contributed by atoms with Crippen molar-refractivity contribution >= 4 is 10.1 Å². The van der Waals surface area contributed by atoms with Crippen LogP contribution in [0, 0.1) is 7.14 Å². The molecule has 0 aliphatic heterocycles. The fourth-order valence-corrected chi connectivity index (χ4v) is 5.45. The van der Waals surface area contributed by atoms with Gasteiger partial charge in [0.25, 0.3) is 0 Å². The van der Waals surface area contributed by atoms with Crippen molar-refractivity contribution in [3.05, 3.63) is 96.6 Å². The van der Waals surface area contributed by atoms with Crippen molar-refractivity contribution in [3.63, 3.8) is 0 Å².